The second-order valence-electron chi connectivity index (χ2n) is 7.24. The molecule has 3 nitrogen and oxygen atoms in total. The van der Waals surface area contributed by atoms with E-state index in [-0.39, 0.29) is 0 Å². The summed E-state index contributed by atoms with van der Waals surface area (Å²) >= 11 is 9.65. The van der Waals surface area contributed by atoms with Crippen LogP contribution in [0, 0.1) is 5.92 Å². The number of fused-ring (bicyclic) bond motifs is 2. The van der Waals surface area contributed by atoms with Crippen LogP contribution in [0.4, 0.5) is 5.69 Å². The van der Waals surface area contributed by atoms with Crippen molar-refractivity contribution >= 4 is 33.2 Å². The van der Waals surface area contributed by atoms with Gasteiger partial charge in [0.05, 0.1) is 5.69 Å². The number of hydrogen-bond acceptors (Lipinski definition) is 3. The van der Waals surface area contributed by atoms with E-state index in [0.29, 0.717) is 23.9 Å². The summed E-state index contributed by atoms with van der Waals surface area (Å²) in [6.07, 6.45) is 5.65. The maximum Gasteiger partial charge on any atom is 0.129 e. The van der Waals surface area contributed by atoms with Crippen molar-refractivity contribution in [1.82, 2.24) is 9.88 Å². The molecule has 2 aliphatic rings. The van der Waals surface area contributed by atoms with Crippen LogP contribution in [-0.2, 0) is 0 Å². The quantitative estimate of drug-likeness (QED) is 0.691. The van der Waals surface area contributed by atoms with Crippen LogP contribution in [0.25, 0.3) is 0 Å². The maximum atomic E-state index is 6.11. The largest absolute Gasteiger partial charge is 0.382 e. The first-order valence-electron chi connectivity index (χ1n) is 8.95. The number of hydrogen-bond donors (Lipinski definition) is 1. The molecule has 0 radical (unpaired) electrons. The SMILES string of the molecule is CN1C2CCC1[C@@H](CNc1cccnc1Br)[C@@H](c1ccc(Cl)cc1)C2. The molecule has 0 spiro atoms. The molecule has 2 aromatic rings. The van der Waals surface area contributed by atoms with Crippen molar-refractivity contribution in [3.05, 3.63) is 57.8 Å². The molecule has 4 rings (SSSR count). The Kier molecular flexibility index (Phi) is 5.03. The average molecular weight is 421 g/mol. The number of pyridine rings is 1. The fourth-order valence-electron chi connectivity index (χ4n) is 4.69. The smallest absolute Gasteiger partial charge is 0.129 e. The number of anilines is 1. The minimum Gasteiger partial charge on any atom is -0.382 e. The van der Waals surface area contributed by atoms with Gasteiger partial charge in [-0.05, 0) is 83.9 Å². The Morgan fingerprint density at radius 2 is 2.04 bits per heavy atom. The maximum absolute atomic E-state index is 6.11. The second-order valence-corrected chi connectivity index (χ2v) is 8.43. The van der Waals surface area contributed by atoms with Crippen molar-refractivity contribution in [3.63, 3.8) is 0 Å². The first-order chi connectivity index (χ1) is 12.1. The van der Waals surface area contributed by atoms with Gasteiger partial charge in [-0.25, -0.2) is 4.98 Å². The average Bonchev–Trinajstić information content (AvgIpc) is 2.86. The fraction of sp³-hybridized carbons (Fsp3) is 0.450. The van der Waals surface area contributed by atoms with Crippen LogP contribution in [0.15, 0.2) is 47.2 Å². The molecule has 2 bridgehead atoms. The molecular formula is C20H23BrClN3. The monoisotopic (exact) mass is 419 g/mol. The van der Waals surface area contributed by atoms with E-state index in [4.69, 9.17) is 11.6 Å². The molecule has 3 heterocycles. The number of rotatable bonds is 4. The van der Waals surface area contributed by atoms with E-state index in [1.807, 2.05) is 24.4 Å². The van der Waals surface area contributed by atoms with Crippen LogP contribution >= 0.6 is 27.5 Å². The summed E-state index contributed by atoms with van der Waals surface area (Å²) in [5.74, 6) is 1.16. The van der Waals surface area contributed by atoms with Gasteiger partial charge in [-0.1, -0.05) is 23.7 Å². The second kappa shape index (κ2) is 7.26. The highest BCUT2D eigenvalue weighted by Crippen LogP contribution is 2.46. The molecule has 1 aromatic carbocycles. The molecule has 2 unspecified atom stereocenters. The zero-order valence-corrected chi connectivity index (χ0v) is 16.7. The summed E-state index contributed by atoms with van der Waals surface area (Å²) in [6.45, 7) is 0.958. The minimum atomic E-state index is 0.578. The van der Waals surface area contributed by atoms with Crippen molar-refractivity contribution < 1.29 is 0 Å². The Morgan fingerprint density at radius 1 is 1.24 bits per heavy atom. The first-order valence-corrected chi connectivity index (χ1v) is 10.1. The predicted octanol–water partition coefficient (Wildman–Crippen LogP) is 5.18. The van der Waals surface area contributed by atoms with Crippen molar-refractivity contribution in [2.24, 2.45) is 5.92 Å². The van der Waals surface area contributed by atoms with E-state index in [1.165, 1.54) is 24.8 Å². The number of piperidine rings is 1. The number of nitrogens with one attached hydrogen (secondary N) is 1. The normalized spacial score (nSPS) is 28.9. The predicted molar refractivity (Wildman–Crippen MR) is 107 cm³/mol. The molecule has 5 heteroatoms. The number of benzene rings is 1. The van der Waals surface area contributed by atoms with Gasteiger partial charge >= 0.3 is 0 Å². The van der Waals surface area contributed by atoms with Gasteiger partial charge in [0.25, 0.3) is 0 Å². The highest BCUT2D eigenvalue weighted by molar-refractivity contribution is 9.10. The molecule has 2 saturated heterocycles. The molecule has 0 aliphatic carbocycles. The van der Waals surface area contributed by atoms with Gasteiger partial charge in [0.15, 0.2) is 0 Å². The molecular weight excluding hydrogens is 398 g/mol. The lowest BCUT2D eigenvalue weighted by Crippen LogP contribution is -2.48. The molecule has 2 fully saturated rings. The molecule has 0 saturated carbocycles. The summed E-state index contributed by atoms with van der Waals surface area (Å²) in [5.41, 5.74) is 2.49. The van der Waals surface area contributed by atoms with Gasteiger partial charge < -0.3 is 10.2 Å². The van der Waals surface area contributed by atoms with Crippen LogP contribution in [0.3, 0.4) is 0 Å². The molecule has 0 amide bonds. The van der Waals surface area contributed by atoms with Gasteiger partial charge in [-0.15, -0.1) is 0 Å². The fourth-order valence-corrected chi connectivity index (χ4v) is 5.21. The van der Waals surface area contributed by atoms with Gasteiger partial charge in [-0.2, -0.15) is 0 Å². The Morgan fingerprint density at radius 3 is 2.80 bits per heavy atom. The molecule has 4 atom stereocenters. The Hall–Kier alpha value is -1.10. The molecule has 25 heavy (non-hydrogen) atoms. The highest BCUT2D eigenvalue weighted by Gasteiger charge is 2.45. The third-order valence-corrected chi connectivity index (χ3v) is 6.90. The number of aromatic nitrogens is 1. The third kappa shape index (κ3) is 3.44. The summed E-state index contributed by atoms with van der Waals surface area (Å²) in [6, 6.07) is 13.9. The Balaban J connectivity index is 1.58. The standard InChI is InChI=1S/C20H23BrClN3/c1-25-15-8-9-19(25)17(12-24-18-3-2-10-23-20(18)21)16(11-15)13-4-6-14(22)7-5-13/h2-7,10,15-17,19,24H,8-9,11-12H2,1H3/t15?,16-,17+,19?/m1/s1. The van der Waals surface area contributed by atoms with E-state index in [9.17, 15) is 0 Å². The van der Waals surface area contributed by atoms with Crippen LogP contribution in [0.5, 0.6) is 0 Å². The first kappa shape index (κ1) is 17.3. The van der Waals surface area contributed by atoms with Crippen molar-refractivity contribution in [2.45, 2.75) is 37.3 Å². The molecule has 132 valence electrons. The van der Waals surface area contributed by atoms with E-state index < -0.39 is 0 Å². The summed E-state index contributed by atoms with van der Waals surface area (Å²) < 4.78 is 0.881. The lowest BCUT2D eigenvalue weighted by Gasteiger charge is -2.43. The summed E-state index contributed by atoms with van der Waals surface area (Å²) in [4.78, 5) is 6.93. The van der Waals surface area contributed by atoms with Crippen LogP contribution in [-0.4, -0.2) is 35.6 Å². The van der Waals surface area contributed by atoms with Crippen molar-refractivity contribution in [2.75, 3.05) is 18.9 Å². The van der Waals surface area contributed by atoms with Gasteiger partial charge in [0.1, 0.15) is 4.60 Å². The minimum absolute atomic E-state index is 0.578. The lowest BCUT2D eigenvalue weighted by atomic mass is 9.76. The van der Waals surface area contributed by atoms with Crippen LogP contribution in [0.1, 0.15) is 30.7 Å². The molecule has 1 N–H and O–H groups in total. The number of halogens is 2. The Bertz CT molecular complexity index is 736. The van der Waals surface area contributed by atoms with Gasteiger partial charge in [-0.3, -0.25) is 0 Å². The van der Waals surface area contributed by atoms with E-state index >= 15 is 0 Å². The van der Waals surface area contributed by atoms with Crippen LogP contribution in [0.2, 0.25) is 5.02 Å². The zero-order chi connectivity index (χ0) is 17.4. The topological polar surface area (TPSA) is 28.2 Å². The summed E-state index contributed by atoms with van der Waals surface area (Å²) in [7, 11) is 2.30. The van der Waals surface area contributed by atoms with Crippen molar-refractivity contribution in [3.8, 4) is 0 Å². The molecule has 1 aromatic heterocycles. The lowest BCUT2D eigenvalue weighted by molar-refractivity contribution is 0.106. The third-order valence-electron chi connectivity index (χ3n) is 6.02. The number of nitrogens with zero attached hydrogens (tertiary/aromatic N) is 2. The van der Waals surface area contributed by atoms with E-state index in [0.717, 1.165) is 21.9 Å². The highest BCUT2D eigenvalue weighted by atomic mass is 79.9. The van der Waals surface area contributed by atoms with Crippen LogP contribution < -0.4 is 5.32 Å². The zero-order valence-electron chi connectivity index (χ0n) is 14.3. The summed E-state index contributed by atoms with van der Waals surface area (Å²) in [5, 5.41) is 4.45. The van der Waals surface area contributed by atoms with E-state index in [2.05, 4.69) is 56.4 Å². The van der Waals surface area contributed by atoms with Crippen molar-refractivity contribution in [1.29, 1.82) is 0 Å². The van der Waals surface area contributed by atoms with E-state index in [1.54, 1.807) is 0 Å². The Labute approximate surface area is 162 Å². The molecule has 2 aliphatic heterocycles. The van der Waals surface area contributed by atoms with Gasteiger partial charge in [0.2, 0.25) is 0 Å². The van der Waals surface area contributed by atoms with Gasteiger partial charge in [0, 0.05) is 29.8 Å².